The van der Waals surface area contributed by atoms with Crippen LogP contribution in [0, 0.1) is 5.92 Å². The van der Waals surface area contributed by atoms with Gasteiger partial charge in [0.25, 0.3) is 11.5 Å². The fraction of sp³-hybridized carbons (Fsp3) is 0.375. The van der Waals surface area contributed by atoms with Crippen molar-refractivity contribution in [2.75, 3.05) is 13.2 Å². The number of pyridine rings is 1. The largest absolute Gasteiger partial charge is 0.394 e. The van der Waals surface area contributed by atoms with Crippen molar-refractivity contribution in [3.8, 4) is 0 Å². The molecule has 1 aliphatic rings. The number of aliphatic hydroxyl groups is 1. The van der Waals surface area contributed by atoms with E-state index in [1.54, 1.807) is 18.2 Å². The molecule has 2 N–H and O–H groups in total. The summed E-state index contributed by atoms with van der Waals surface area (Å²) in [6, 6.07) is 5.07. The Labute approximate surface area is 134 Å². The number of halogens is 3. The number of aromatic amines is 1. The number of aromatic nitrogens is 1. The Hall–Kier alpha value is -2.35. The molecular weight excluding hydrogens is 325 g/mol. The molecule has 2 aromatic rings. The molecule has 3 rings (SSSR count). The first kappa shape index (κ1) is 16.5. The van der Waals surface area contributed by atoms with E-state index < -0.39 is 30.7 Å². The molecule has 1 saturated heterocycles. The van der Waals surface area contributed by atoms with Gasteiger partial charge in [-0.1, -0.05) is 18.2 Å². The van der Waals surface area contributed by atoms with E-state index in [9.17, 15) is 27.9 Å². The van der Waals surface area contributed by atoms with Crippen LogP contribution < -0.4 is 5.56 Å². The fourth-order valence-corrected chi connectivity index (χ4v) is 3.25. The minimum atomic E-state index is -4.48. The van der Waals surface area contributed by atoms with E-state index in [1.165, 1.54) is 12.3 Å². The standard InChI is InChI=1S/C16H15F3N2O3/c17-16(18,19)12-5-6-21(13(12)8-22)15(24)11-7-20-14(23)10-4-2-1-3-9(10)11/h1-4,7,12-13,22H,5-6,8H2,(H,20,23). The van der Waals surface area contributed by atoms with Crippen molar-refractivity contribution in [3.63, 3.8) is 0 Å². The first-order valence-corrected chi connectivity index (χ1v) is 7.43. The maximum atomic E-state index is 13.0. The maximum absolute atomic E-state index is 13.0. The highest BCUT2D eigenvalue weighted by molar-refractivity contribution is 6.06. The molecule has 0 spiro atoms. The van der Waals surface area contributed by atoms with Gasteiger partial charge in [-0.3, -0.25) is 9.59 Å². The molecule has 1 aliphatic heterocycles. The summed E-state index contributed by atoms with van der Waals surface area (Å²) in [6.07, 6.45) is -3.51. The first-order chi connectivity index (χ1) is 11.3. The predicted octanol–water partition coefficient (Wildman–Crippen LogP) is 1.91. The van der Waals surface area contributed by atoms with Crippen molar-refractivity contribution in [2.45, 2.75) is 18.6 Å². The number of nitrogens with zero attached hydrogens (tertiary/aromatic N) is 1. The van der Waals surface area contributed by atoms with Crippen LogP contribution >= 0.6 is 0 Å². The van der Waals surface area contributed by atoms with Gasteiger partial charge in [0.1, 0.15) is 0 Å². The molecule has 0 aliphatic carbocycles. The van der Waals surface area contributed by atoms with E-state index in [1.807, 2.05) is 0 Å². The molecule has 5 nitrogen and oxygen atoms in total. The number of carbonyl (C=O) groups excluding carboxylic acids is 1. The molecular formula is C16H15F3N2O3. The number of nitrogens with one attached hydrogen (secondary N) is 1. The van der Waals surface area contributed by atoms with Crippen molar-refractivity contribution in [1.29, 1.82) is 0 Å². The molecule has 0 bridgehead atoms. The van der Waals surface area contributed by atoms with Gasteiger partial charge in [0.2, 0.25) is 0 Å². The van der Waals surface area contributed by atoms with Gasteiger partial charge in [-0.15, -0.1) is 0 Å². The lowest BCUT2D eigenvalue weighted by atomic mass is 10.00. The monoisotopic (exact) mass is 340 g/mol. The fourth-order valence-electron chi connectivity index (χ4n) is 3.25. The molecule has 1 aromatic heterocycles. The third-order valence-electron chi connectivity index (χ3n) is 4.45. The normalized spacial score (nSPS) is 21.4. The van der Waals surface area contributed by atoms with Crippen molar-refractivity contribution >= 4 is 16.7 Å². The average Bonchev–Trinajstić information content (AvgIpc) is 2.99. The van der Waals surface area contributed by atoms with E-state index in [-0.39, 0.29) is 29.5 Å². The van der Waals surface area contributed by atoms with Gasteiger partial charge in [-0.05, 0) is 12.5 Å². The Morgan fingerprint density at radius 1 is 1.29 bits per heavy atom. The third-order valence-corrected chi connectivity index (χ3v) is 4.45. The molecule has 128 valence electrons. The summed E-state index contributed by atoms with van der Waals surface area (Å²) < 4.78 is 39.1. The van der Waals surface area contributed by atoms with Crippen LogP contribution in [0.3, 0.4) is 0 Å². The van der Waals surface area contributed by atoms with Gasteiger partial charge >= 0.3 is 6.18 Å². The average molecular weight is 340 g/mol. The van der Waals surface area contributed by atoms with Crippen molar-refractivity contribution in [3.05, 3.63) is 46.4 Å². The number of hydrogen-bond donors (Lipinski definition) is 2. The molecule has 0 radical (unpaired) electrons. The predicted molar refractivity (Wildman–Crippen MR) is 80.6 cm³/mol. The number of aliphatic hydroxyl groups excluding tert-OH is 1. The molecule has 1 aromatic carbocycles. The summed E-state index contributed by atoms with van der Waals surface area (Å²) in [6.45, 7) is -0.862. The summed E-state index contributed by atoms with van der Waals surface area (Å²) in [7, 11) is 0. The van der Waals surface area contributed by atoms with Crippen LogP contribution in [0.15, 0.2) is 35.3 Å². The van der Waals surface area contributed by atoms with Crippen LogP contribution in [0.1, 0.15) is 16.8 Å². The molecule has 8 heteroatoms. The number of rotatable bonds is 2. The van der Waals surface area contributed by atoms with E-state index in [0.717, 1.165) is 4.90 Å². The molecule has 2 unspecified atom stereocenters. The molecule has 2 heterocycles. The first-order valence-electron chi connectivity index (χ1n) is 7.43. The van der Waals surface area contributed by atoms with Crippen LogP contribution in [0.4, 0.5) is 13.2 Å². The molecule has 2 atom stereocenters. The maximum Gasteiger partial charge on any atom is 0.393 e. The number of amides is 1. The summed E-state index contributed by atoms with van der Waals surface area (Å²) in [5.74, 6) is -2.38. The number of likely N-dealkylation sites (tertiary alicyclic amines) is 1. The number of hydrogen-bond acceptors (Lipinski definition) is 3. The molecule has 0 saturated carbocycles. The summed E-state index contributed by atoms with van der Waals surface area (Å²) in [5, 5.41) is 10.0. The Morgan fingerprint density at radius 3 is 2.58 bits per heavy atom. The highest BCUT2D eigenvalue weighted by Gasteiger charge is 2.51. The Bertz CT molecular complexity index is 831. The van der Waals surface area contributed by atoms with Gasteiger partial charge in [0.15, 0.2) is 0 Å². The zero-order chi connectivity index (χ0) is 17.5. The Morgan fingerprint density at radius 2 is 1.96 bits per heavy atom. The number of alkyl halides is 3. The minimum absolute atomic E-state index is 0.0955. The third kappa shape index (κ3) is 2.66. The lowest BCUT2D eigenvalue weighted by Crippen LogP contribution is -2.44. The topological polar surface area (TPSA) is 73.4 Å². The van der Waals surface area contributed by atoms with Gasteiger partial charge < -0.3 is 15.0 Å². The highest BCUT2D eigenvalue weighted by atomic mass is 19.4. The lowest BCUT2D eigenvalue weighted by Gasteiger charge is -2.28. The number of fused-ring (bicyclic) bond motifs is 1. The summed E-state index contributed by atoms with van der Waals surface area (Å²) in [5.41, 5.74) is -0.262. The van der Waals surface area contributed by atoms with E-state index in [0.29, 0.717) is 5.39 Å². The quantitative estimate of drug-likeness (QED) is 0.877. The number of carbonyl (C=O) groups is 1. The van der Waals surface area contributed by atoms with Gasteiger partial charge in [0.05, 0.1) is 24.1 Å². The van der Waals surface area contributed by atoms with E-state index in [2.05, 4.69) is 4.98 Å². The molecule has 1 amide bonds. The lowest BCUT2D eigenvalue weighted by molar-refractivity contribution is -0.181. The summed E-state index contributed by atoms with van der Waals surface area (Å²) >= 11 is 0. The highest BCUT2D eigenvalue weighted by Crippen LogP contribution is 2.38. The van der Waals surface area contributed by atoms with Crippen LogP contribution in [-0.2, 0) is 0 Å². The van der Waals surface area contributed by atoms with Crippen LogP contribution in [0.25, 0.3) is 10.8 Å². The van der Waals surface area contributed by atoms with Crippen molar-refractivity contribution < 1.29 is 23.1 Å². The van der Waals surface area contributed by atoms with Crippen molar-refractivity contribution in [2.24, 2.45) is 5.92 Å². The Kier molecular flexibility index (Phi) is 4.08. The second-order valence-corrected chi connectivity index (χ2v) is 5.76. The van der Waals surface area contributed by atoms with E-state index >= 15 is 0 Å². The second-order valence-electron chi connectivity index (χ2n) is 5.76. The minimum Gasteiger partial charge on any atom is -0.394 e. The van der Waals surface area contributed by atoms with Crippen LogP contribution in [-0.4, -0.2) is 46.3 Å². The van der Waals surface area contributed by atoms with Gasteiger partial charge in [-0.2, -0.15) is 13.2 Å². The SMILES string of the molecule is O=C(c1c[nH]c(=O)c2ccccc12)N1CCC(C(F)(F)F)C1CO. The van der Waals surface area contributed by atoms with Gasteiger partial charge in [-0.25, -0.2) is 0 Å². The van der Waals surface area contributed by atoms with Crippen molar-refractivity contribution in [1.82, 2.24) is 9.88 Å². The van der Waals surface area contributed by atoms with Gasteiger partial charge in [0, 0.05) is 23.5 Å². The second kappa shape index (κ2) is 5.94. The molecule has 24 heavy (non-hydrogen) atoms. The zero-order valence-corrected chi connectivity index (χ0v) is 12.5. The van der Waals surface area contributed by atoms with Crippen LogP contribution in [0.2, 0.25) is 0 Å². The number of benzene rings is 1. The smallest absolute Gasteiger partial charge is 0.393 e. The van der Waals surface area contributed by atoms with Crippen LogP contribution in [0.5, 0.6) is 0 Å². The number of H-pyrrole nitrogens is 1. The zero-order valence-electron chi connectivity index (χ0n) is 12.5. The Balaban J connectivity index is 2.01. The summed E-state index contributed by atoms with van der Waals surface area (Å²) in [4.78, 5) is 28.0. The molecule has 1 fully saturated rings. The van der Waals surface area contributed by atoms with E-state index in [4.69, 9.17) is 0 Å².